The third-order valence-electron chi connectivity index (χ3n) is 3.80. The minimum Gasteiger partial charge on any atom is -0.472 e. The molecule has 3 amide bonds. The van der Waals surface area contributed by atoms with Crippen molar-refractivity contribution in [2.45, 2.75) is 18.9 Å². The molecule has 1 saturated heterocycles. The summed E-state index contributed by atoms with van der Waals surface area (Å²) in [6.45, 7) is 1.23. The topological polar surface area (TPSA) is 87.5 Å². The molecule has 0 atom stereocenters. The van der Waals surface area contributed by atoms with E-state index in [1.54, 1.807) is 35.5 Å². The SMILES string of the molecule is O=C(Nc1cccnc1)NC1CCN(C(=O)c2ccoc2)CC1. The highest BCUT2D eigenvalue weighted by Crippen LogP contribution is 2.14. The number of pyridine rings is 1. The Hall–Kier alpha value is -2.83. The molecule has 3 rings (SSSR count). The van der Waals surface area contributed by atoms with E-state index in [4.69, 9.17) is 4.42 Å². The number of piperidine rings is 1. The van der Waals surface area contributed by atoms with Gasteiger partial charge in [-0.15, -0.1) is 0 Å². The average molecular weight is 314 g/mol. The van der Waals surface area contributed by atoms with Gasteiger partial charge in [0.05, 0.1) is 23.7 Å². The number of nitrogens with one attached hydrogen (secondary N) is 2. The number of furan rings is 1. The number of urea groups is 1. The number of anilines is 1. The van der Waals surface area contributed by atoms with Crippen LogP contribution in [0.1, 0.15) is 23.2 Å². The monoisotopic (exact) mass is 314 g/mol. The number of carbonyl (C=O) groups is 2. The summed E-state index contributed by atoms with van der Waals surface area (Å²) in [5.41, 5.74) is 1.21. The molecule has 0 saturated carbocycles. The zero-order valence-electron chi connectivity index (χ0n) is 12.6. The fraction of sp³-hybridized carbons (Fsp3) is 0.312. The molecule has 7 nitrogen and oxygen atoms in total. The first-order valence-corrected chi connectivity index (χ1v) is 7.51. The van der Waals surface area contributed by atoms with Crippen LogP contribution in [0.3, 0.4) is 0 Å². The summed E-state index contributed by atoms with van der Waals surface area (Å²) in [5, 5.41) is 5.67. The lowest BCUT2D eigenvalue weighted by molar-refractivity contribution is 0.0708. The molecule has 0 spiro atoms. The lowest BCUT2D eigenvalue weighted by Crippen LogP contribution is -2.47. The highest BCUT2D eigenvalue weighted by atomic mass is 16.3. The Morgan fingerprint density at radius 2 is 2.09 bits per heavy atom. The second-order valence-corrected chi connectivity index (χ2v) is 5.42. The first kappa shape index (κ1) is 15.1. The van der Waals surface area contributed by atoms with Gasteiger partial charge in [0.2, 0.25) is 0 Å². The molecule has 0 bridgehead atoms. The largest absolute Gasteiger partial charge is 0.472 e. The van der Waals surface area contributed by atoms with Gasteiger partial charge < -0.3 is 20.0 Å². The second-order valence-electron chi connectivity index (χ2n) is 5.42. The summed E-state index contributed by atoms with van der Waals surface area (Å²) in [6, 6.07) is 5.00. The third-order valence-corrected chi connectivity index (χ3v) is 3.80. The summed E-state index contributed by atoms with van der Waals surface area (Å²) in [7, 11) is 0. The molecule has 0 unspecified atom stereocenters. The van der Waals surface area contributed by atoms with Crippen molar-refractivity contribution in [2.24, 2.45) is 0 Å². The van der Waals surface area contributed by atoms with E-state index in [1.165, 1.54) is 12.5 Å². The molecule has 0 radical (unpaired) electrons. The Balaban J connectivity index is 1.46. The van der Waals surface area contributed by atoms with Crippen LogP contribution in [0.25, 0.3) is 0 Å². The van der Waals surface area contributed by atoms with Gasteiger partial charge in [-0.25, -0.2) is 4.79 Å². The molecule has 23 heavy (non-hydrogen) atoms. The van der Waals surface area contributed by atoms with Crippen LogP contribution in [0, 0.1) is 0 Å². The van der Waals surface area contributed by atoms with Gasteiger partial charge in [-0.05, 0) is 31.0 Å². The molecule has 2 aromatic rings. The van der Waals surface area contributed by atoms with Gasteiger partial charge in [0, 0.05) is 25.3 Å². The van der Waals surface area contributed by atoms with E-state index in [9.17, 15) is 9.59 Å². The second kappa shape index (κ2) is 6.95. The molecule has 0 aromatic carbocycles. The van der Waals surface area contributed by atoms with Crippen molar-refractivity contribution in [2.75, 3.05) is 18.4 Å². The van der Waals surface area contributed by atoms with E-state index in [-0.39, 0.29) is 18.0 Å². The van der Waals surface area contributed by atoms with Crippen molar-refractivity contribution in [1.29, 1.82) is 0 Å². The van der Waals surface area contributed by atoms with Gasteiger partial charge in [-0.2, -0.15) is 0 Å². The summed E-state index contributed by atoms with van der Waals surface area (Å²) in [6.07, 6.45) is 7.63. The first-order valence-electron chi connectivity index (χ1n) is 7.51. The smallest absolute Gasteiger partial charge is 0.319 e. The maximum absolute atomic E-state index is 12.2. The molecule has 1 fully saturated rings. The summed E-state index contributed by atoms with van der Waals surface area (Å²) in [4.78, 5) is 29.9. The van der Waals surface area contributed by atoms with Gasteiger partial charge in [0.1, 0.15) is 6.26 Å². The lowest BCUT2D eigenvalue weighted by Gasteiger charge is -2.32. The Labute approximate surface area is 133 Å². The van der Waals surface area contributed by atoms with Crippen LogP contribution in [0.4, 0.5) is 10.5 Å². The van der Waals surface area contributed by atoms with E-state index < -0.39 is 0 Å². The number of hydrogen-bond acceptors (Lipinski definition) is 4. The van der Waals surface area contributed by atoms with E-state index in [1.807, 2.05) is 0 Å². The molecule has 120 valence electrons. The quantitative estimate of drug-likeness (QED) is 0.908. The normalized spacial score (nSPS) is 15.2. The number of aromatic nitrogens is 1. The van der Waals surface area contributed by atoms with E-state index in [0.29, 0.717) is 24.3 Å². The van der Waals surface area contributed by atoms with Crippen molar-refractivity contribution in [1.82, 2.24) is 15.2 Å². The van der Waals surface area contributed by atoms with E-state index in [0.717, 1.165) is 12.8 Å². The van der Waals surface area contributed by atoms with Gasteiger partial charge in [0.15, 0.2) is 0 Å². The number of likely N-dealkylation sites (tertiary alicyclic amines) is 1. The van der Waals surface area contributed by atoms with Crippen molar-refractivity contribution in [3.63, 3.8) is 0 Å². The molecule has 1 aliphatic rings. The van der Waals surface area contributed by atoms with Crippen LogP contribution < -0.4 is 10.6 Å². The summed E-state index contributed by atoms with van der Waals surface area (Å²) >= 11 is 0. The van der Waals surface area contributed by atoms with Crippen LogP contribution in [-0.4, -0.2) is 41.0 Å². The fourth-order valence-electron chi connectivity index (χ4n) is 2.58. The Bertz CT molecular complexity index is 649. The van der Waals surface area contributed by atoms with Crippen LogP contribution in [0.15, 0.2) is 47.5 Å². The highest BCUT2D eigenvalue weighted by molar-refractivity contribution is 5.94. The summed E-state index contributed by atoms with van der Waals surface area (Å²) in [5.74, 6) is -0.0305. The Kier molecular flexibility index (Phi) is 4.56. The maximum atomic E-state index is 12.2. The Morgan fingerprint density at radius 3 is 2.74 bits per heavy atom. The van der Waals surface area contributed by atoms with Gasteiger partial charge in [-0.1, -0.05) is 0 Å². The van der Waals surface area contributed by atoms with E-state index in [2.05, 4.69) is 15.6 Å². The lowest BCUT2D eigenvalue weighted by atomic mass is 10.0. The Morgan fingerprint density at radius 1 is 1.26 bits per heavy atom. The van der Waals surface area contributed by atoms with Crippen LogP contribution in [-0.2, 0) is 0 Å². The first-order chi connectivity index (χ1) is 11.2. The predicted molar refractivity (Wildman–Crippen MR) is 84.0 cm³/mol. The number of amides is 3. The zero-order chi connectivity index (χ0) is 16.1. The molecular formula is C16H18N4O3. The highest BCUT2D eigenvalue weighted by Gasteiger charge is 2.25. The predicted octanol–water partition coefficient (Wildman–Crippen LogP) is 2.10. The van der Waals surface area contributed by atoms with Gasteiger partial charge in [0.25, 0.3) is 5.91 Å². The van der Waals surface area contributed by atoms with Crippen molar-refractivity contribution >= 4 is 17.6 Å². The third kappa shape index (κ3) is 3.88. The molecule has 3 heterocycles. The minimum atomic E-state index is -0.252. The number of rotatable bonds is 3. The molecule has 1 aliphatic heterocycles. The standard InChI is InChI=1S/C16H18N4O3/c21-15(12-5-9-23-11-12)20-7-3-13(4-8-20)18-16(22)19-14-2-1-6-17-10-14/h1-2,5-6,9-11,13H,3-4,7-8H2,(H2,18,19,22). The number of carbonyl (C=O) groups excluding carboxylic acids is 2. The minimum absolute atomic E-state index is 0.0305. The van der Waals surface area contributed by atoms with Crippen molar-refractivity contribution in [3.05, 3.63) is 48.7 Å². The molecule has 7 heteroatoms. The number of nitrogens with zero attached hydrogens (tertiary/aromatic N) is 2. The molecule has 2 N–H and O–H groups in total. The molecule has 2 aromatic heterocycles. The number of hydrogen-bond donors (Lipinski definition) is 2. The van der Waals surface area contributed by atoms with E-state index >= 15 is 0 Å². The van der Waals surface area contributed by atoms with Gasteiger partial charge >= 0.3 is 6.03 Å². The zero-order valence-corrected chi connectivity index (χ0v) is 12.6. The molecule has 0 aliphatic carbocycles. The fourth-order valence-corrected chi connectivity index (χ4v) is 2.58. The van der Waals surface area contributed by atoms with Crippen LogP contribution >= 0.6 is 0 Å². The van der Waals surface area contributed by atoms with Crippen molar-refractivity contribution in [3.8, 4) is 0 Å². The summed E-state index contributed by atoms with van der Waals surface area (Å²) < 4.78 is 4.94. The average Bonchev–Trinajstić information content (AvgIpc) is 3.10. The van der Waals surface area contributed by atoms with Crippen LogP contribution in [0.2, 0.25) is 0 Å². The van der Waals surface area contributed by atoms with Crippen molar-refractivity contribution < 1.29 is 14.0 Å². The van der Waals surface area contributed by atoms with Gasteiger partial charge in [-0.3, -0.25) is 9.78 Å². The maximum Gasteiger partial charge on any atom is 0.319 e. The van der Waals surface area contributed by atoms with Crippen LogP contribution in [0.5, 0.6) is 0 Å². The molecular weight excluding hydrogens is 296 g/mol.